The number of carbonyl (C=O) groups is 1. The zero-order chi connectivity index (χ0) is 15.1. The third-order valence-corrected chi connectivity index (χ3v) is 3.24. The molecule has 1 aliphatic heterocycles. The summed E-state index contributed by atoms with van der Waals surface area (Å²) >= 11 is 3.42. The van der Waals surface area contributed by atoms with Gasteiger partial charge in [-0.05, 0) is 52.8 Å². The number of fused-ring (bicyclic) bond motifs is 1. The summed E-state index contributed by atoms with van der Waals surface area (Å²) in [7, 11) is 0. The Balaban J connectivity index is 2.37. The van der Waals surface area contributed by atoms with Gasteiger partial charge in [0.25, 0.3) is 0 Å². The minimum atomic E-state index is -0.519. The first-order valence-corrected chi connectivity index (χ1v) is 7.36. The first-order chi connectivity index (χ1) is 9.07. The third kappa shape index (κ3) is 3.45. The van der Waals surface area contributed by atoms with Crippen LogP contribution in [0.4, 0.5) is 10.5 Å². The Morgan fingerprint density at radius 3 is 2.65 bits per heavy atom. The maximum absolute atomic E-state index is 12.4. The molecule has 2 rings (SSSR count). The van der Waals surface area contributed by atoms with Crippen LogP contribution < -0.4 is 9.64 Å². The van der Waals surface area contributed by atoms with Gasteiger partial charge < -0.3 is 9.47 Å². The first kappa shape index (κ1) is 15.2. The lowest BCUT2D eigenvalue weighted by Crippen LogP contribution is -2.50. The van der Waals surface area contributed by atoms with Crippen molar-refractivity contribution in [2.45, 2.75) is 45.8 Å². The van der Waals surface area contributed by atoms with Crippen LogP contribution in [0.2, 0.25) is 0 Å². The predicted octanol–water partition coefficient (Wildman–Crippen LogP) is 4.36. The van der Waals surface area contributed by atoms with Gasteiger partial charge >= 0.3 is 6.09 Å². The number of nitrogens with zero attached hydrogens (tertiary/aromatic N) is 1. The summed E-state index contributed by atoms with van der Waals surface area (Å²) < 4.78 is 12.3. The van der Waals surface area contributed by atoms with Crippen LogP contribution in [0.25, 0.3) is 0 Å². The molecule has 0 aromatic heterocycles. The van der Waals surface area contributed by atoms with Gasteiger partial charge in [-0.15, -0.1) is 0 Å². The summed E-state index contributed by atoms with van der Waals surface area (Å²) in [5.74, 6) is 0.682. The second kappa shape index (κ2) is 4.95. The second-order valence-corrected chi connectivity index (χ2v) is 7.46. The topological polar surface area (TPSA) is 38.8 Å². The molecule has 1 aromatic rings. The summed E-state index contributed by atoms with van der Waals surface area (Å²) in [5.41, 5.74) is -0.235. The van der Waals surface area contributed by atoms with E-state index in [-0.39, 0.29) is 6.09 Å². The molecule has 0 unspecified atom stereocenters. The molecule has 0 N–H and O–H groups in total. The van der Waals surface area contributed by atoms with Crippen LogP contribution in [0.5, 0.6) is 5.75 Å². The maximum atomic E-state index is 12.4. The Morgan fingerprint density at radius 1 is 1.40 bits per heavy atom. The Labute approximate surface area is 128 Å². The monoisotopic (exact) mass is 341 g/mol. The number of anilines is 1. The van der Waals surface area contributed by atoms with Crippen molar-refractivity contribution in [1.29, 1.82) is 0 Å². The van der Waals surface area contributed by atoms with Crippen molar-refractivity contribution < 1.29 is 14.3 Å². The molecular formula is C15H20BrNO3. The SMILES string of the molecule is CC(C)(C)OC(=O)N1CC(C)(C)Oc2cc(Br)ccc21. The van der Waals surface area contributed by atoms with Crippen LogP contribution in [0.15, 0.2) is 22.7 Å². The summed E-state index contributed by atoms with van der Waals surface area (Å²) in [6, 6.07) is 5.62. The molecular weight excluding hydrogens is 322 g/mol. The normalized spacial score (nSPS) is 17.2. The van der Waals surface area contributed by atoms with E-state index in [1.807, 2.05) is 52.8 Å². The van der Waals surface area contributed by atoms with Gasteiger partial charge in [0.05, 0.1) is 12.2 Å². The van der Waals surface area contributed by atoms with E-state index in [0.29, 0.717) is 12.3 Å². The molecule has 20 heavy (non-hydrogen) atoms. The summed E-state index contributed by atoms with van der Waals surface area (Å²) in [4.78, 5) is 14.0. The van der Waals surface area contributed by atoms with Crippen molar-refractivity contribution in [1.82, 2.24) is 0 Å². The summed E-state index contributed by atoms with van der Waals surface area (Å²) in [6.07, 6.45) is -0.350. The van der Waals surface area contributed by atoms with Crippen LogP contribution in [-0.2, 0) is 4.74 Å². The number of carbonyl (C=O) groups excluding carboxylic acids is 1. The Morgan fingerprint density at radius 2 is 2.05 bits per heavy atom. The average Bonchev–Trinajstić information content (AvgIpc) is 2.23. The number of ether oxygens (including phenoxy) is 2. The standard InChI is InChI=1S/C15H20BrNO3/c1-14(2,3)20-13(18)17-9-15(4,5)19-12-8-10(16)6-7-11(12)17/h6-8H,9H2,1-5H3. The summed E-state index contributed by atoms with van der Waals surface area (Å²) in [6.45, 7) is 9.94. The minimum absolute atomic E-state index is 0.350. The van der Waals surface area contributed by atoms with Crippen molar-refractivity contribution in [2.75, 3.05) is 11.4 Å². The van der Waals surface area contributed by atoms with Gasteiger partial charge in [-0.25, -0.2) is 4.79 Å². The van der Waals surface area contributed by atoms with Crippen molar-refractivity contribution in [3.63, 3.8) is 0 Å². The van der Waals surface area contributed by atoms with E-state index in [2.05, 4.69) is 15.9 Å². The number of hydrogen-bond acceptors (Lipinski definition) is 3. The van der Waals surface area contributed by atoms with Gasteiger partial charge in [0.15, 0.2) is 0 Å². The van der Waals surface area contributed by atoms with E-state index in [1.54, 1.807) is 4.90 Å². The van der Waals surface area contributed by atoms with Crippen molar-refractivity contribution >= 4 is 27.7 Å². The van der Waals surface area contributed by atoms with Gasteiger partial charge in [0, 0.05) is 4.47 Å². The zero-order valence-electron chi connectivity index (χ0n) is 12.5. The third-order valence-electron chi connectivity index (χ3n) is 2.75. The minimum Gasteiger partial charge on any atom is -0.484 e. The average molecular weight is 342 g/mol. The molecule has 1 amide bonds. The number of halogens is 1. The highest BCUT2D eigenvalue weighted by molar-refractivity contribution is 9.10. The molecule has 0 spiro atoms. The van der Waals surface area contributed by atoms with Gasteiger partial charge in [0.2, 0.25) is 0 Å². The number of hydrogen-bond donors (Lipinski definition) is 0. The van der Waals surface area contributed by atoms with Gasteiger partial charge in [-0.1, -0.05) is 15.9 Å². The Kier molecular flexibility index (Phi) is 3.75. The molecule has 0 bridgehead atoms. The quantitative estimate of drug-likeness (QED) is 0.703. The molecule has 1 aliphatic rings. The van der Waals surface area contributed by atoms with Crippen LogP contribution >= 0.6 is 15.9 Å². The van der Waals surface area contributed by atoms with Crippen molar-refractivity contribution in [3.05, 3.63) is 22.7 Å². The van der Waals surface area contributed by atoms with E-state index in [4.69, 9.17) is 9.47 Å². The Hall–Kier alpha value is -1.23. The second-order valence-electron chi connectivity index (χ2n) is 6.54. The van der Waals surface area contributed by atoms with Crippen molar-refractivity contribution in [3.8, 4) is 5.75 Å². The molecule has 0 fully saturated rings. The highest BCUT2D eigenvalue weighted by Gasteiger charge is 2.36. The lowest BCUT2D eigenvalue weighted by Gasteiger charge is -2.40. The number of amides is 1. The van der Waals surface area contributed by atoms with E-state index in [1.165, 1.54) is 0 Å². The molecule has 0 atom stereocenters. The molecule has 0 radical (unpaired) electrons. The fourth-order valence-corrected chi connectivity index (χ4v) is 2.41. The van der Waals surface area contributed by atoms with Crippen molar-refractivity contribution in [2.24, 2.45) is 0 Å². The maximum Gasteiger partial charge on any atom is 0.415 e. The largest absolute Gasteiger partial charge is 0.484 e. The zero-order valence-corrected chi connectivity index (χ0v) is 14.1. The first-order valence-electron chi connectivity index (χ1n) is 6.56. The van der Waals surface area contributed by atoms with E-state index in [9.17, 15) is 4.79 Å². The molecule has 0 saturated heterocycles. The summed E-state index contributed by atoms with van der Waals surface area (Å²) in [5, 5.41) is 0. The molecule has 1 aromatic carbocycles. The highest BCUT2D eigenvalue weighted by Crippen LogP contribution is 2.39. The van der Waals surface area contributed by atoms with Gasteiger partial charge in [-0.3, -0.25) is 4.90 Å². The molecule has 1 heterocycles. The number of rotatable bonds is 0. The lowest BCUT2D eigenvalue weighted by atomic mass is 10.1. The van der Waals surface area contributed by atoms with Crippen LogP contribution in [0.3, 0.4) is 0 Å². The van der Waals surface area contributed by atoms with Crippen LogP contribution in [0, 0.1) is 0 Å². The highest BCUT2D eigenvalue weighted by atomic mass is 79.9. The fourth-order valence-electron chi connectivity index (χ4n) is 2.07. The Bertz CT molecular complexity index is 534. The van der Waals surface area contributed by atoms with Crippen LogP contribution in [0.1, 0.15) is 34.6 Å². The molecule has 4 nitrogen and oxygen atoms in total. The van der Waals surface area contributed by atoms with Gasteiger partial charge in [0.1, 0.15) is 17.0 Å². The fraction of sp³-hybridized carbons (Fsp3) is 0.533. The molecule has 5 heteroatoms. The smallest absolute Gasteiger partial charge is 0.415 e. The van der Waals surface area contributed by atoms with Gasteiger partial charge in [-0.2, -0.15) is 0 Å². The molecule has 0 aliphatic carbocycles. The predicted molar refractivity (Wildman–Crippen MR) is 82.4 cm³/mol. The lowest BCUT2D eigenvalue weighted by molar-refractivity contribution is 0.0484. The van der Waals surface area contributed by atoms with Crippen LogP contribution in [-0.4, -0.2) is 23.8 Å². The van der Waals surface area contributed by atoms with E-state index < -0.39 is 11.2 Å². The van der Waals surface area contributed by atoms with E-state index >= 15 is 0 Å². The molecule has 0 saturated carbocycles. The van der Waals surface area contributed by atoms with E-state index in [0.717, 1.165) is 10.2 Å². The number of benzene rings is 1. The molecule has 110 valence electrons.